The van der Waals surface area contributed by atoms with Gasteiger partial charge in [0, 0.05) is 11.5 Å². The van der Waals surface area contributed by atoms with E-state index in [1.54, 1.807) is 36.4 Å². The maximum Gasteiger partial charge on any atom is 0.351 e. The fourth-order valence-corrected chi connectivity index (χ4v) is 4.47. The van der Waals surface area contributed by atoms with Gasteiger partial charge in [0.15, 0.2) is 0 Å². The fourth-order valence-electron chi connectivity index (χ4n) is 3.50. The molecule has 8 heteroatoms. The van der Waals surface area contributed by atoms with E-state index in [-0.39, 0.29) is 11.3 Å². The highest BCUT2D eigenvalue weighted by Crippen LogP contribution is 2.32. The second kappa shape index (κ2) is 8.40. The summed E-state index contributed by atoms with van der Waals surface area (Å²) >= 11 is 1.43. The maximum absolute atomic E-state index is 12.8. The number of benzene rings is 3. The van der Waals surface area contributed by atoms with Gasteiger partial charge in [-0.25, -0.2) is 14.6 Å². The monoisotopic (exact) mass is 459 g/mol. The Balaban J connectivity index is 1.49. The summed E-state index contributed by atoms with van der Waals surface area (Å²) in [5, 5.41) is 1.27. The van der Waals surface area contributed by atoms with E-state index in [1.165, 1.54) is 31.6 Å². The number of hydrogen-bond acceptors (Lipinski definition) is 8. The summed E-state index contributed by atoms with van der Waals surface area (Å²) in [5.74, 6) is 0.215. The highest BCUT2D eigenvalue weighted by Gasteiger charge is 2.21. The molecule has 0 fully saturated rings. The van der Waals surface area contributed by atoms with Gasteiger partial charge in [0.25, 0.3) is 0 Å². The van der Waals surface area contributed by atoms with Crippen molar-refractivity contribution in [1.82, 2.24) is 4.98 Å². The van der Waals surface area contributed by atoms with Crippen molar-refractivity contribution in [2.45, 2.75) is 0 Å². The molecule has 164 valence electrons. The molecule has 3 aromatic carbocycles. The third-order valence-corrected chi connectivity index (χ3v) is 6.14. The first-order valence-corrected chi connectivity index (χ1v) is 10.8. The Morgan fingerprint density at radius 1 is 0.939 bits per heavy atom. The molecule has 0 bridgehead atoms. The van der Waals surface area contributed by atoms with Gasteiger partial charge < -0.3 is 18.6 Å². The van der Waals surface area contributed by atoms with Crippen molar-refractivity contribution in [3.8, 4) is 27.8 Å². The normalized spacial score (nSPS) is 11.0. The summed E-state index contributed by atoms with van der Waals surface area (Å²) in [7, 11) is 2.92. The summed E-state index contributed by atoms with van der Waals surface area (Å²) in [5.41, 5.74) is 1.15. The molecule has 0 amide bonds. The molecule has 0 aliphatic carbocycles. The SMILES string of the molecule is COc1cccc(OC)c1C(=O)Oc1ccc2cc(-c3nc4ccccc4s3)c(=O)oc2c1. The Morgan fingerprint density at radius 3 is 2.42 bits per heavy atom. The molecule has 0 N–H and O–H groups in total. The van der Waals surface area contributed by atoms with Crippen molar-refractivity contribution < 1.29 is 23.4 Å². The molecular weight excluding hydrogens is 442 g/mol. The number of methoxy groups -OCH3 is 2. The molecule has 0 saturated heterocycles. The molecule has 5 rings (SSSR count). The Kier molecular flexibility index (Phi) is 5.27. The lowest BCUT2D eigenvalue weighted by molar-refractivity contribution is 0.0727. The number of ether oxygens (including phenoxy) is 3. The minimum absolute atomic E-state index is 0.162. The van der Waals surface area contributed by atoms with E-state index in [0.29, 0.717) is 33.0 Å². The van der Waals surface area contributed by atoms with Crippen LogP contribution >= 0.6 is 11.3 Å². The molecule has 0 aliphatic rings. The quantitative estimate of drug-likeness (QED) is 0.200. The number of carbonyl (C=O) groups excluding carboxylic acids is 1. The molecule has 0 saturated carbocycles. The average Bonchev–Trinajstić information content (AvgIpc) is 3.27. The third-order valence-electron chi connectivity index (χ3n) is 5.07. The van der Waals surface area contributed by atoms with Gasteiger partial charge >= 0.3 is 11.6 Å². The first-order valence-electron chi connectivity index (χ1n) is 9.94. The van der Waals surface area contributed by atoms with Crippen molar-refractivity contribution in [3.05, 3.63) is 82.7 Å². The molecule has 0 atom stereocenters. The fraction of sp³-hybridized carbons (Fsp3) is 0.0800. The van der Waals surface area contributed by atoms with Crippen LogP contribution in [0.15, 0.2) is 75.9 Å². The molecule has 0 unspecified atom stereocenters. The zero-order chi connectivity index (χ0) is 22.9. The number of nitrogens with zero attached hydrogens (tertiary/aromatic N) is 1. The lowest BCUT2D eigenvalue weighted by Crippen LogP contribution is -2.12. The van der Waals surface area contributed by atoms with Gasteiger partial charge in [-0.15, -0.1) is 11.3 Å². The van der Waals surface area contributed by atoms with Gasteiger partial charge in [0.1, 0.15) is 33.4 Å². The molecule has 0 radical (unpaired) electrons. The summed E-state index contributed by atoms with van der Waals surface area (Å²) < 4.78 is 22.6. The van der Waals surface area contributed by atoms with Crippen LogP contribution in [0.4, 0.5) is 0 Å². The van der Waals surface area contributed by atoms with E-state index in [2.05, 4.69) is 4.98 Å². The molecule has 7 nitrogen and oxygen atoms in total. The summed E-state index contributed by atoms with van der Waals surface area (Å²) in [6.45, 7) is 0. The molecule has 0 spiro atoms. The summed E-state index contributed by atoms with van der Waals surface area (Å²) in [4.78, 5) is 30.1. The number of aromatic nitrogens is 1. The van der Waals surface area contributed by atoms with E-state index in [9.17, 15) is 9.59 Å². The van der Waals surface area contributed by atoms with Gasteiger partial charge in [-0.3, -0.25) is 0 Å². The molecule has 2 aromatic heterocycles. The van der Waals surface area contributed by atoms with Crippen LogP contribution in [-0.4, -0.2) is 25.2 Å². The molecule has 5 aromatic rings. The number of carbonyl (C=O) groups is 1. The second-order valence-corrected chi connectivity index (χ2v) is 8.09. The number of hydrogen-bond donors (Lipinski definition) is 0. The number of fused-ring (bicyclic) bond motifs is 2. The lowest BCUT2D eigenvalue weighted by atomic mass is 10.1. The standard InChI is InChI=1S/C25H17NO6S/c1-29-18-7-5-8-19(30-2)22(18)25(28)31-15-11-10-14-12-16(24(27)32-20(14)13-15)23-26-17-6-3-4-9-21(17)33-23/h3-13H,1-2H3. The predicted octanol–water partition coefficient (Wildman–Crippen LogP) is 5.31. The van der Waals surface area contributed by atoms with Crippen LogP contribution in [0.3, 0.4) is 0 Å². The van der Waals surface area contributed by atoms with Crippen molar-refractivity contribution in [1.29, 1.82) is 0 Å². The number of esters is 1. The highest BCUT2D eigenvalue weighted by molar-refractivity contribution is 7.21. The van der Waals surface area contributed by atoms with Crippen molar-refractivity contribution >= 4 is 38.5 Å². The van der Waals surface area contributed by atoms with Crippen LogP contribution in [0.2, 0.25) is 0 Å². The first kappa shape index (κ1) is 20.7. The minimum Gasteiger partial charge on any atom is -0.496 e. The van der Waals surface area contributed by atoms with Crippen LogP contribution in [0.5, 0.6) is 17.2 Å². The smallest absolute Gasteiger partial charge is 0.351 e. The minimum atomic E-state index is -0.655. The zero-order valence-electron chi connectivity index (χ0n) is 17.7. The molecule has 0 aliphatic heterocycles. The Bertz CT molecular complexity index is 1510. The molecule has 33 heavy (non-hydrogen) atoms. The van der Waals surface area contributed by atoms with Crippen LogP contribution in [0.1, 0.15) is 10.4 Å². The van der Waals surface area contributed by atoms with Crippen LogP contribution in [0, 0.1) is 0 Å². The Hall–Kier alpha value is -4.17. The number of para-hydroxylation sites is 1. The zero-order valence-corrected chi connectivity index (χ0v) is 18.5. The van der Waals surface area contributed by atoms with Gasteiger partial charge in [-0.05, 0) is 42.5 Å². The first-order chi connectivity index (χ1) is 16.1. The van der Waals surface area contributed by atoms with E-state index in [0.717, 1.165) is 10.2 Å². The second-order valence-electron chi connectivity index (χ2n) is 7.06. The van der Waals surface area contributed by atoms with Crippen molar-refractivity contribution in [2.75, 3.05) is 14.2 Å². The Morgan fingerprint density at radius 2 is 1.70 bits per heavy atom. The average molecular weight is 459 g/mol. The number of thiazole rings is 1. The van der Waals surface area contributed by atoms with E-state index >= 15 is 0 Å². The lowest BCUT2D eigenvalue weighted by Gasteiger charge is -2.12. The van der Waals surface area contributed by atoms with E-state index in [4.69, 9.17) is 18.6 Å². The third kappa shape index (κ3) is 3.81. The van der Waals surface area contributed by atoms with Crippen LogP contribution < -0.4 is 19.8 Å². The summed E-state index contributed by atoms with van der Waals surface area (Å²) in [6.07, 6.45) is 0. The van der Waals surface area contributed by atoms with Gasteiger partial charge in [0.2, 0.25) is 0 Å². The summed E-state index contributed by atoms with van der Waals surface area (Å²) in [6, 6.07) is 19.3. The van der Waals surface area contributed by atoms with E-state index < -0.39 is 11.6 Å². The molecular formula is C25H17NO6S. The maximum atomic E-state index is 12.8. The van der Waals surface area contributed by atoms with Crippen molar-refractivity contribution in [2.24, 2.45) is 0 Å². The van der Waals surface area contributed by atoms with Gasteiger partial charge in [-0.2, -0.15) is 0 Å². The van der Waals surface area contributed by atoms with Gasteiger partial charge in [-0.1, -0.05) is 18.2 Å². The number of rotatable bonds is 5. The van der Waals surface area contributed by atoms with Crippen molar-refractivity contribution in [3.63, 3.8) is 0 Å². The largest absolute Gasteiger partial charge is 0.496 e. The van der Waals surface area contributed by atoms with Crippen LogP contribution in [-0.2, 0) is 0 Å². The Labute approximate surface area is 191 Å². The highest BCUT2D eigenvalue weighted by atomic mass is 32.1. The van der Waals surface area contributed by atoms with Gasteiger partial charge in [0.05, 0.1) is 30.0 Å². The topological polar surface area (TPSA) is 87.9 Å². The van der Waals surface area contributed by atoms with Crippen LogP contribution in [0.25, 0.3) is 31.8 Å². The van der Waals surface area contributed by atoms with E-state index in [1.807, 2.05) is 24.3 Å². The predicted molar refractivity (Wildman–Crippen MR) is 126 cm³/mol. The molecule has 2 heterocycles.